The van der Waals surface area contributed by atoms with Crippen molar-refractivity contribution in [3.8, 4) is 0 Å². The van der Waals surface area contributed by atoms with Crippen LogP contribution in [-0.2, 0) is 4.74 Å². The van der Waals surface area contributed by atoms with Crippen molar-refractivity contribution in [2.45, 2.75) is 6.04 Å². The van der Waals surface area contributed by atoms with Gasteiger partial charge in [-0.1, -0.05) is 18.2 Å². The predicted molar refractivity (Wildman–Crippen MR) is 51.8 cm³/mol. The van der Waals surface area contributed by atoms with Crippen molar-refractivity contribution in [3.05, 3.63) is 35.4 Å². The molecule has 0 unspecified atom stereocenters. The van der Waals surface area contributed by atoms with Gasteiger partial charge in [-0.25, -0.2) is 4.79 Å². The summed E-state index contributed by atoms with van der Waals surface area (Å²) in [5.41, 5.74) is 6.63. The van der Waals surface area contributed by atoms with Crippen LogP contribution in [0.1, 0.15) is 22.0 Å². The molecule has 0 amide bonds. The number of benzene rings is 1. The predicted octanol–water partition coefficient (Wildman–Crippen LogP) is 0.465. The number of hydrogen-bond donors (Lipinski definition) is 2. The summed E-state index contributed by atoms with van der Waals surface area (Å²) >= 11 is 0. The van der Waals surface area contributed by atoms with Crippen LogP contribution in [-0.4, -0.2) is 24.8 Å². The maximum absolute atomic E-state index is 11.3. The van der Waals surface area contributed by atoms with E-state index in [1.54, 1.807) is 24.3 Å². The number of methoxy groups -OCH3 is 1. The van der Waals surface area contributed by atoms with E-state index in [-0.39, 0.29) is 6.61 Å². The summed E-state index contributed by atoms with van der Waals surface area (Å²) in [5, 5.41) is 8.89. The molecule has 0 saturated carbocycles. The molecule has 4 heteroatoms. The fraction of sp³-hybridized carbons (Fsp3) is 0.300. The number of aliphatic hydroxyl groups is 1. The minimum atomic E-state index is -0.551. The van der Waals surface area contributed by atoms with Gasteiger partial charge in [-0.3, -0.25) is 0 Å². The molecular formula is C10H13NO3. The van der Waals surface area contributed by atoms with Crippen LogP contribution in [0.2, 0.25) is 0 Å². The SMILES string of the molecule is COC(=O)c1ccccc1[C@H](N)CO. The molecule has 1 rings (SSSR count). The number of ether oxygens (including phenoxy) is 1. The molecule has 0 radical (unpaired) electrons. The minimum Gasteiger partial charge on any atom is -0.465 e. The molecule has 1 aromatic rings. The van der Waals surface area contributed by atoms with Gasteiger partial charge in [-0.05, 0) is 11.6 Å². The van der Waals surface area contributed by atoms with E-state index in [1.807, 2.05) is 0 Å². The highest BCUT2D eigenvalue weighted by Gasteiger charge is 2.15. The summed E-state index contributed by atoms with van der Waals surface area (Å²) in [4.78, 5) is 11.3. The normalized spacial score (nSPS) is 12.2. The van der Waals surface area contributed by atoms with Crippen LogP contribution in [0.15, 0.2) is 24.3 Å². The molecule has 0 fully saturated rings. The summed E-state index contributed by atoms with van der Waals surface area (Å²) in [7, 11) is 1.31. The molecule has 0 saturated heterocycles. The third-order valence-electron chi connectivity index (χ3n) is 1.96. The van der Waals surface area contributed by atoms with Crippen molar-refractivity contribution in [1.29, 1.82) is 0 Å². The third-order valence-corrected chi connectivity index (χ3v) is 1.96. The highest BCUT2D eigenvalue weighted by molar-refractivity contribution is 5.91. The molecule has 0 aromatic heterocycles. The molecule has 1 aromatic carbocycles. The Morgan fingerprint density at radius 1 is 1.57 bits per heavy atom. The van der Waals surface area contributed by atoms with Crippen LogP contribution >= 0.6 is 0 Å². The number of carbonyl (C=O) groups excluding carboxylic acids is 1. The second-order valence-corrected chi connectivity index (χ2v) is 2.87. The Morgan fingerprint density at radius 2 is 2.21 bits per heavy atom. The van der Waals surface area contributed by atoms with Gasteiger partial charge in [0.25, 0.3) is 0 Å². The van der Waals surface area contributed by atoms with Gasteiger partial charge in [-0.2, -0.15) is 0 Å². The average molecular weight is 195 g/mol. The number of esters is 1. The molecule has 1 atom stereocenters. The Kier molecular flexibility index (Phi) is 3.62. The largest absolute Gasteiger partial charge is 0.465 e. The van der Waals surface area contributed by atoms with Crippen molar-refractivity contribution in [3.63, 3.8) is 0 Å². The zero-order valence-corrected chi connectivity index (χ0v) is 7.93. The zero-order valence-electron chi connectivity index (χ0n) is 7.93. The summed E-state index contributed by atoms with van der Waals surface area (Å²) in [5.74, 6) is -0.440. The number of rotatable bonds is 3. The number of aliphatic hydroxyl groups excluding tert-OH is 1. The molecule has 0 aliphatic carbocycles. The maximum Gasteiger partial charge on any atom is 0.338 e. The Labute approximate surface area is 82.3 Å². The molecule has 0 aliphatic rings. The number of nitrogens with two attached hydrogens (primary N) is 1. The molecule has 0 heterocycles. The summed E-state index contributed by atoms with van der Waals surface area (Å²) < 4.78 is 4.60. The second-order valence-electron chi connectivity index (χ2n) is 2.87. The van der Waals surface area contributed by atoms with Crippen molar-refractivity contribution in [2.24, 2.45) is 5.73 Å². The van der Waals surface area contributed by atoms with E-state index < -0.39 is 12.0 Å². The zero-order chi connectivity index (χ0) is 10.6. The van der Waals surface area contributed by atoms with E-state index in [9.17, 15) is 4.79 Å². The Balaban J connectivity index is 3.09. The lowest BCUT2D eigenvalue weighted by Crippen LogP contribution is -2.18. The average Bonchev–Trinajstić information content (AvgIpc) is 2.27. The van der Waals surface area contributed by atoms with Gasteiger partial charge in [0.2, 0.25) is 0 Å². The first-order valence-electron chi connectivity index (χ1n) is 4.24. The number of carbonyl (C=O) groups is 1. The molecule has 3 N–H and O–H groups in total. The van der Waals surface area contributed by atoms with E-state index >= 15 is 0 Å². The lowest BCUT2D eigenvalue weighted by molar-refractivity contribution is 0.0598. The highest BCUT2D eigenvalue weighted by atomic mass is 16.5. The minimum absolute atomic E-state index is 0.200. The van der Waals surface area contributed by atoms with E-state index in [1.165, 1.54) is 7.11 Å². The van der Waals surface area contributed by atoms with E-state index in [2.05, 4.69) is 4.74 Å². The topological polar surface area (TPSA) is 72.5 Å². The smallest absolute Gasteiger partial charge is 0.338 e. The van der Waals surface area contributed by atoms with E-state index in [0.717, 1.165) is 0 Å². The summed E-state index contributed by atoms with van der Waals surface area (Å²) in [6.07, 6.45) is 0. The molecule has 0 aliphatic heterocycles. The molecule has 4 nitrogen and oxygen atoms in total. The molecular weight excluding hydrogens is 182 g/mol. The van der Waals surface area contributed by atoms with Crippen LogP contribution in [0.4, 0.5) is 0 Å². The van der Waals surface area contributed by atoms with Crippen LogP contribution in [0.5, 0.6) is 0 Å². The molecule has 0 spiro atoms. The van der Waals surface area contributed by atoms with Gasteiger partial charge in [-0.15, -0.1) is 0 Å². The number of hydrogen-bond acceptors (Lipinski definition) is 4. The Hall–Kier alpha value is -1.39. The third kappa shape index (κ3) is 2.10. The van der Waals surface area contributed by atoms with Gasteiger partial charge in [0, 0.05) is 0 Å². The van der Waals surface area contributed by atoms with Crippen LogP contribution in [0.25, 0.3) is 0 Å². The first-order chi connectivity index (χ1) is 6.70. The lowest BCUT2D eigenvalue weighted by Gasteiger charge is -2.12. The van der Waals surface area contributed by atoms with Crippen LogP contribution in [0, 0.1) is 0 Å². The van der Waals surface area contributed by atoms with Gasteiger partial charge in [0.1, 0.15) is 0 Å². The molecule has 76 valence electrons. The van der Waals surface area contributed by atoms with Crippen LogP contribution in [0.3, 0.4) is 0 Å². The summed E-state index contributed by atoms with van der Waals surface area (Å²) in [6, 6.07) is 6.26. The van der Waals surface area contributed by atoms with E-state index in [0.29, 0.717) is 11.1 Å². The van der Waals surface area contributed by atoms with Crippen molar-refractivity contribution < 1.29 is 14.6 Å². The fourth-order valence-corrected chi connectivity index (χ4v) is 1.21. The Bertz CT molecular complexity index is 325. The monoisotopic (exact) mass is 195 g/mol. The highest BCUT2D eigenvalue weighted by Crippen LogP contribution is 2.16. The fourth-order valence-electron chi connectivity index (χ4n) is 1.21. The first kappa shape index (κ1) is 10.7. The van der Waals surface area contributed by atoms with Gasteiger partial charge in [0.05, 0.1) is 25.3 Å². The van der Waals surface area contributed by atoms with E-state index in [4.69, 9.17) is 10.8 Å². The van der Waals surface area contributed by atoms with Crippen molar-refractivity contribution >= 4 is 5.97 Å². The second kappa shape index (κ2) is 4.74. The Morgan fingerprint density at radius 3 is 2.79 bits per heavy atom. The first-order valence-corrected chi connectivity index (χ1v) is 4.24. The van der Waals surface area contributed by atoms with Gasteiger partial charge >= 0.3 is 5.97 Å². The van der Waals surface area contributed by atoms with Gasteiger partial charge in [0.15, 0.2) is 0 Å². The molecule has 0 bridgehead atoms. The van der Waals surface area contributed by atoms with Gasteiger partial charge < -0.3 is 15.6 Å². The lowest BCUT2D eigenvalue weighted by atomic mass is 10.0. The quantitative estimate of drug-likeness (QED) is 0.687. The maximum atomic E-state index is 11.3. The molecule has 14 heavy (non-hydrogen) atoms. The van der Waals surface area contributed by atoms with Crippen LogP contribution < -0.4 is 5.73 Å². The summed E-state index contributed by atoms with van der Waals surface area (Å²) in [6.45, 7) is -0.200. The standard InChI is InChI=1S/C10H13NO3/c1-14-10(13)8-5-3-2-4-7(8)9(11)6-12/h2-5,9,12H,6,11H2,1H3/t9-/m1/s1. The van der Waals surface area contributed by atoms with Crippen molar-refractivity contribution in [1.82, 2.24) is 0 Å². The van der Waals surface area contributed by atoms with Crippen molar-refractivity contribution in [2.75, 3.05) is 13.7 Å².